The van der Waals surface area contributed by atoms with E-state index in [1.807, 2.05) is 0 Å². The quantitative estimate of drug-likeness (QED) is 0.533. The van der Waals surface area contributed by atoms with Gasteiger partial charge in [0, 0.05) is 6.42 Å². The van der Waals surface area contributed by atoms with Gasteiger partial charge in [0.15, 0.2) is 0 Å². The molecule has 0 aromatic carbocycles. The minimum absolute atomic E-state index is 0.0701. The van der Waals surface area contributed by atoms with Crippen LogP contribution in [0.1, 0.15) is 90.4 Å². The molecule has 0 aromatic rings. The highest BCUT2D eigenvalue weighted by Crippen LogP contribution is 2.45. The Morgan fingerprint density at radius 2 is 1.33 bits per heavy atom. The fraction of sp³-hybridized carbons (Fsp3) is 1.00. The molecule has 1 nitrogen and oxygen atoms in total. The second-order valence-electron chi connectivity index (χ2n) is 8.84. The van der Waals surface area contributed by atoms with Crippen LogP contribution in [0.2, 0.25) is 0 Å². The van der Waals surface area contributed by atoms with E-state index in [4.69, 9.17) is 4.74 Å². The molecule has 140 valence electrons. The monoisotopic (exact) mass is 342 g/mol. The molecule has 1 atom stereocenters. The third-order valence-corrected chi connectivity index (χ3v) is 7.32. The van der Waals surface area contributed by atoms with Crippen molar-refractivity contribution in [1.82, 2.24) is 0 Å². The second kappa shape index (κ2) is 8.47. The number of hydrogen-bond acceptors (Lipinski definition) is 1. The molecule has 0 radical (unpaired) electrons. The molecular formula is C21H36F2O. The molecule has 0 N–H and O–H groups in total. The molecule has 1 heterocycles. The van der Waals surface area contributed by atoms with E-state index in [0.717, 1.165) is 17.8 Å². The van der Waals surface area contributed by atoms with Gasteiger partial charge in [0.2, 0.25) is 0 Å². The molecule has 1 saturated heterocycles. The van der Waals surface area contributed by atoms with Crippen LogP contribution in [0.15, 0.2) is 0 Å². The first-order valence-electron chi connectivity index (χ1n) is 10.6. The summed E-state index contributed by atoms with van der Waals surface area (Å²) in [5.74, 6) is 3.89. The van der Waals surface area contributed by atoms with Gasteiger partial charge in [0.1, 0.15) is 0 Å². The van der Waals surface area contributed by atoms with E-state index in [9.17, 15) is 8.78 Å². The Morgan fingerprint density at radius 3 is 1.83 bits per heavy atom. The average molecular weight is 343 g/mol. The zero-order valence-electron chi connectivity index (χ0n) is 15.5. The molecule has 24 heavy (non-hydrogen) atoms. The standard InChI is InChI=1S/C21H36F2O/c1-2-3-4-16-5-7-17(8-6-16)18-9-11-19(12-10-18)20-13-14-21(22,23)24-15-20/h16-20H,2-15H2,1H3. The number of alkyl halides is 2. The predicted molar refractivity (Wildman–Crippen MR) is 94.0 cm³/mol. The van der Waals surface area contributed by atoms with Crippen LogP contribution >= 0.6 is 0 Å². The van der Waals surface area contributed by atoms with E-state index in [2.05, 4.69) is 6.92 Å². The molecule has 3 rings (SSSR count). The summed E-state index contributed by atoms with van der Waals surface area (Å²) in [5.41, 5.74) is 0. The third kappa shape index (κ3) is 4.93. The summed E-state index contributed by atoms with van der Waals surface area (Å²) in [4.78, 5) is 0. The zero-order chi connectivity index (χ0) is 17.0. The largest absolute Gasteiger partial charge is 0.355 e. The van der Waals surface area contributed by atoms with Crippen LogP contribution in [0.4, 0.5) is 8.78 Å². The van der Waals surface area contributed by atoms with Crippen LogP contribution in [0, 0.1) is 29.6 Å². The van der Waals surface area contributed by atoms with Gasteiger partial charge >= 0.3 is 6.11 Å². The summed E-state index contributed by atoms with van der Waals surface area (Å²) < 4.78 is 31.1. The lowest BCUT2D eigenvalue weighted by atomic mass is 9.66. The fourth-order valence-corrected chi connectivity index (χ4v) is 5.64. The zero-order valence-corrected chi connectivity index (χ0v) is 15.5. The first-order chi connectivity index (χ1) is 11.6. The molecule has 0 aromatic heterocycles. The van der Waals surface area contributed by atoms with Crippen molar-refractivity contribution in [3.8, 4) is 0 Å². The van der Waals surface area contributed by atoms with Crippen LogP contribution in [0.3, 0.4) is 0 Å². The van der Waals surface area contributed by atoms with Crippen molar-refractivity contribution < 1.29 is 13.5 Å². The van der Waals surface area contributed by atoms with Gasteiger partial charge in [-0.1, -0.05) is 39.0 Å². The van der Waals surface area contributed by atoms with E-state index in [-0.39, 0.29) is 13.0 Å². The molecule has 3 heteroatoms. The molecule has 3 aliphatic rings. The Balaban J connectivity index is 1.37. The normalized spacial score (nSPS) is 40.4. The van der Waals surface area contributed by atoms with Crippen molar-refractivity contribution in [3.63, 3.8) is 0 Å². The van der Waals surface area contributed by atoms with Gasteiger partial charge in [-0.15, -0.1) is 0 Å². The van der Waals surface area contributed by atoms with Gasteiger partial charge in [0.05, 0.1) is 6.61 Å². The van der Waals surface area contributed by atoms with Crippen molar-refractivity contribution >= 4 is 0 Å². The summed E-state index contributed by atoms with van der Waals surface area (Å²) in [6, 6.07) is 0. The summed E-state index contributed by atoms with van der Waals surface area (Å²) >= 11 is 0. The van der Waals surface area contributed by atoms with Crippen LogP contribution in [0.5, 0.6) is 0 Å². The molecule has 3 fully saturated rings. The Hall–Kier alpha value is -0.180. The van der Waals surface area contributed by atoms with Crippen molar-refractivity contribution in [2.24, 2.45) is 29.6 Å². The Bertz CT molecular complexity index is 358. The van der Waals surface area contributed by atoms with Crippen LogP contribution in [0.25, 0.3) is 0 Å². The maximum Gasteiger partial charge on any atom is 0.355 e. The van der Waals surface area contributed by atoms with E-state index < -0.39 is 6.11 Å². The van der Waals surface area contributed by atoms with Crippen molar-refractivity contribution in [3.05, 3.63) is 0 Å². The lowest BCUT2D eigenvalue weighted by molar-refractivity contribution is -0.272. The summed E-state index contributed by atoms with van der Waals surface area (Å²) in [6.45, 7) is 2.58. The molecule has 1 aliphatic heterocycles. The Morgan fingerprint density at radius 1 is 0.792 bits per heavy atom. The maximum atomic E-state index is 13.1. The smallest absolute Gasteiger partial charge is 0.320 e. The van der Waals surface area contributed by atoms with Gasteiger partial charge in [0.25, 0.3) is 0 Å². The van der Waals surface area contributed by atoms with Gasteiger partial charge in [-0.05, 0) is 74.5 Å². The fourth-order valence-electron chi connectivity index (χ4n) is 5.64. The van der Waals surface area contributed by atoms with Crippen molar-refractivity contribution in [2.75, 3.05) is 6.61 Å². The highest BCUT2D eigenvalue weighted by atomic mass is 19.3. The first-order valence-corrected chi connectivity index (χ1v) is 10.6. The maximum absolute atomic E-state index is 13.1. The Labute approximate surface area is 146 Å². The number of hydrogen-bond donors (Lipinski definition) is 0. The minimum atomic E-state index is -2.86. The third-order valence-electron chi connectivity index (χ3n) is 7.32. The minimum Gasteiger partial charge on any atom is -0.320 e. The first kappa shape index (κ1) is 18.6. The van der Waals surface area contributed by atoms with Gasteiger partial charge in [-0.3, -0.25) is 0 Å². The topological polar surface area (TPSA) is 9.23 Å². The van der Waals surface area contributed by atoms with Crippen molar-refractivity contribution in [2.45, 2.75) is 96.5 Å². The number of ether oxygens (including phenoxy) is 1. The van der Waals surface area contributed by atoms with E-state index >= 15 is 0 Å². The SMILES string of the molecule is CCCCC1CCC(C2CCC(C3CCC(F)(F)OC3)CC2)CC1. The number of halogens is 2. The van der Waals surface area contributed by atoms with E-state index in [1.165, 1.54) is 70.6 Å². The van der Waals surface area contributed by atoms with Gasteiger partial charge < -0.3 is 4.74 Å². The lowest BCUT2D eigenvalue weighted by Crippen LogP contribution is -2.36. The molecule has 2 aliphatic carbocycles. The van der Waals surface area contributed by atoms with Crippen LogP contribution in [-0.4, -0.2) is 12.7 Å². The highest BCUT2D eigenvalue weighted by molar-refractivity contribution is 4.85. The average Bonchev–Trinajstić information content (AvgIpc) is 2.61. The summed E-state index contributed by atoms with van der Waals surface area (Å²) in [7, 11) is 0. The van der Waals surface area contributed by atoms with Gasteiger partial charge in [-0.25, -0.2) is 0 Å². The Kier molecular flexibility index (Phi) is 6.56. The number of unbranched alkanes of at least 4 members (excludes halogenated alkanes) is 1. The summed E-state index contributed by atoms with van der Waals surface area (Å²) in [5, 5.41) is 0. The molecule has 2 saturated carbocycles. The highest BCUT2D eigenvalue weighted by Gasteiger charge is 2.40. The predicted octanol–water partition coefficient (Wildman–Crippen LogP) is 6.81. The van der Waals surface area contributed by atoms with E-state index in [0.29, 0.717) is 18.3 Å². The number of rotatable bonds is 5. The van der Waals surface area contributed by atoms with E-state index in [1.54, 1.807) is 0 Å². The van der Waals surface area contributed by atoms with Crippen LogP contribution < -0.4 is 0 Å². The molecule has 0 amide bonds. The lowest BCUT2D eigenvalue weighted by Gasteiger charge is -2.41. The summed E-state index contributed by atoms with van der Waals surface area (Å²) in [6.07, 6.45) is 12.9. The molecule has 1 unspecified atom stereocenters. The van der Waals surface area contributed by atoms with Crippen molar-refractivity contribution in [1.29, 1.82) is 0 Å². The molecular weight excluding hydrogens is 306 g/mol. The van der Waals surface area contributed by atoms with Gasteiger partial charge in [-0.2, -0.15) is 8.78 Å². The van der Waals surface area contributed by atoms with Crippen LogP contribution in [-0.2, 0) is 4.74 Å². The molecule has 0 bridgehead atoms. The molecule has 0 spiro atoms. The second-order valence-corrected chi connectivity index (χ2v) is 8.84.